The van der Waals surface area contributed by atoms with E-state index in [4.69, 9.17) is 0 Å². The molecule has 1 saturated heterocycles. The first-order valence-corrected chi connectivity index (χ1v) is 10.0. The predicted octanol–water partition coefficient (Wildman–Crippen LogP) is 3.63. The van der Waals surface area contributed by atoms with E-state index in [0.717, 1.165) is 44.4 Å². The number of phenols is 1. The van der Waals surface area contributed by atoms with Crippen LogP contribution in [0.15, 0.2) is 58.4 Å². The van der Waals surface area contributed by atoms with Gasteiger partial charge >= 0.3 is 0 Å². The first-order valence-electron chi connectivity index (χ1n) is 8.82. The van der Waals surface area contributed by atoms with Gasteiger partial charge in [-0.2, -0.15) is 0 Å². The summed E-state index contributed by atoms with van der Waals surface area (Å²) < 4.78 is 0. The molecule has 1 aliphatic heterocycles. The zero-order valence-corrected chi connectivity index (χ0v) is 18.9. The van der Waals surface area contributed by atoms with Crippen molar-refractivity contribution in [3.63, 3.8) is 0 Å². The Morgan fingerprint density at radius 3 is 2.33 bits per heavy atom. The maximum Gasteiger partial charge on any atom is 0.194 e. The fraction of sp³-hybridized carbons (Fsp3) is 0.350. The van der Waals surface area contributed by atoms with Crippen molar-refractivity contribution >= 4 is 47.4 Å². The molecule has 2 N–H and O–H groups in total. The number of guanidine groups is 1. The van der Waals surface area contributed by atoms with Crippen LogP contribution in [0.5, 0.6) is 5.75 Å². The number of thioether (sulfide) groups is 1. The maximum atomic E-state index is 10.0. The molecule has 0 bridgehead atoms. The molecule has 1 heterocycles. The van der Waals surface area contributed by atoms with Crippen molar-refractivity contribution in [2.24, 2.45) is 4.99 Å². The molecule has 0 saturated carbocycles. The van der Waals surface area contributed by atoms with Gasteiger partial charge in [0.2, 0.25) is 0 Å². The third-order valence-corrected chi connectivity index (χ3v) is 5.37. The third-order valence-electron chi connectivity index (χ3n) is 4.62. The molecule has 5 nitrogen and oxygen atoms in total. The molecule has 0 aliphatic carbocycles. The van der Waals surface area contributed by atoms with Gasteiger partial charge in [-0.1, -0.05) is 24.3 Å². The Morgan fingerprint density at radius 1 is 1.07 bits per heavy atom. The number of aromatic hydroxyl groups is 1. The molecular weight excluding hydrogens is 471 g/mol. The highest BCUT2D eigenvalue weighted by molar-refractivity contribution is 14.0. The number of nitrogens with one attached hydrogen (secondary N) is 1. The fourth-order valence-electron chi connectivity index (χ4n) is 3.15. The largest absolute Gasteiger partial charge is 0.506 e. The van der Waals surface area contributed by atoms with Crippen LogP contribution in [0, 0.1) is 0 Å². The predicted molar refractivity (Wildman–Crippen MR) is 126 cm³/mol. The Morgan fingerprint density at radius 2 is 1.74 bits per heavy atom. The number of halogens is 1. The van der Waals surface area contributed by atoms with Crippen molar-refractivity contribution < 1.29 is 5.11 Å². The smallest absolute Gasteiger partial charge is 0.194 e. The molecule has 2 aromatic rings. The number of piperazine rings is 1. The average Bonchev–Trinajstić information content (AvgIpc) is 2.70. The monoisotopic (exact) mass is 498 g/mol. The molecule has 1 aliphatic rings. The van der Waals surface area contributed by atoms with Crippen molar-refractivity contribution in [3.8, 4) is 5.75 Å². The van der Waals surface area contributed by atoms with Gasteiger partial charge in [0, 0.05) is 44.7 Å². The van der Waals surface area contributed by atoms with Gasteiger partial charge in [-0.05, 0) is 36.1 Å². The van der Waals surface area contributed by atoms with E-state index in [1.165, 1.54) is 10.5 Å². The highest BCUT2D eigenvalue weighted by Crippen LogP contribution is 2.27. The minimum absolute atomic E-state index is 0. The van der Waals surface area contributed by atoms with Gasteiger partial charge < -0.3 is 20.2 Å². The molecule has 7 heteroatoms. The summed E-state index contributed by atoms with van der Waals surface area (Å²) in [6, 6.07) is 16.1. The number of rotatable bonds is 4. The van der Waals surface area contributed by atoms with E-state index in [1.54, 1.807) is 17.8 Å². The van der Waals surface area contributed by atoms with Crippen LogP contribution < -0.4 is 10.2 Å². The second-order valence-corrected chi connectivity index (χ2v) is 7.09. The lowest BCUT2D eigenvalue weighted by Crippen LogP contribution is -2.52. The molecule has 1 fully saturated rings. The Kier molecular flexibility index (Phi) is 8.56. The van der Waals surface area contributed by atoms with Crippen molar-refractivity contribution in [1.29, 1.82) is 0 Å². The van der Waals surface area contributed by atoms with E-state index in [2.05, 4.69) is 50.6 Å². The van der Waals surface area contributed by atoms with Crippen LogP contribution in [0.1, 0.15) is 5.56 Å². The minimum Gasteiger partial charge on any atom is -0.506 e. The number of nitrogens with zero attached hydrogens (tertiary/aromatic N) is 3. The first kappa shape index (κ1) is 21.7. The molecule has 0 unspecified atom stereocenters. The van der Waals surface area contributed by atoms with Crippen LogP contribution in [0.25, 0.3) is 0 Å². The minimum atomic E-state index is 0. The Labute approximate surface area is 182 Å². The maximum absolute atomic E-state index is 10.0. The molecule has 0 amide bonds. The van der Waals surface area contributed by atoms with Gasteiger partial charge in [0.25, 0.3) is 0 Å². The highest BCUT2D eigenvalue weighted by atomic mass is 127. The van der Waals surface area contributed by atoms with Crippen molar-refractivity contribution in [2.45, 2.75) is 11.4 Å². The van der Waals surface area contributed by atoms with Crippen LogP contribution >= 0.6 is 35.7 Å². The fourth-order valence-corrected chi connectivity index (χ4v) is 3.56. The lowest BCUT2D eigenvalue weighted by atomic mass is 10.2. The van der Waals surface area contributed by atoms with Gasteiger partial charge in [-0.3, -0.25) is 4.99 Å². The van der Waals surface area contributed by atoms with Crippen LogP contribution in [0.3, 0.4) is 0 Å². The molecular formula is C20H27IN4OS. The van der Waals surface area contributed by atoms with E-state index < -0.39 is 0 Å². The molecule has 0 atom stereocenters. The molecule has 146 valence electrons. The van der Waals surface area contributed by atoms with Crippen molar-refractivity contribution in [2.75, 3.05) is 44.4 Å². The number of para-hydroxylation sites is 2. The van der Waals surface area contributed by atoms with Gasteiger partial charge in [-0.25, -0.2) is 0 Å². The third kappa shape index (κ3) is 5.68. The standard InChI is InChI=1S/C20H26N4OS.HI/c1-21-20(22-15-16-7-9-17(26-2)10-8-16)24-13-11-23(12-14-24)18-5-3-4-6-19(18)25;/h3-10,25H,11-15H2,1-2H3,(H,21,22);1H. The van der Waals surface area contributed by atoms with Crippen molar-refractivity contribution in [3.05, 3.63) is 54.1 Å². The quantitative estimate of drug-likeness (QED) is 0.292. The lowest BCUT2D eigenvalue weighted by Gasteiger charge is -2.37. The number of aliphatic imine (C=N–C) groups is 1. The zero-order chi connectivity index (χ0) is 18.4. The molecule has 0 aromatic heterocycles. The SMILES string of the molecule is CN=C(NCc1ccc(SC)cc1)N1CCN(c2ccccc2O)CC1.I. The van der Waals surface area contributed by atoms with Crippen LogP contribution in [-0.2, 0) is 6.54 Å². The topological polar surface area (TPSA) is 51.1 Å². The Balaban J connectivity index is 0.00000261. The second-order valence-electron chi connectivity index (χ2n) is 6.21. The zero-order valence-electron chi connectivity index (χ0n) is 15.8. The molecule has 2 aromatic carbocycles. The summed E-state index contributed by atoms with van der Waals surface area (Å²) in [5.41, 5.74) is 2.15. The van der Waals surface area contributed by atoms with E-state index in [9.17, 15) is 5.11 Å². The summed E-state index contributed by atoms with van der Waals surface area (Å²) in [7, 11) is 1.83. The van der Waals surface area contributed by atoms with Gasteiger partial charge in [0.1, 0.15) is 5.75 Å². The number of hydrogen-bond acceptors (Lipinski definition) is 4. The normalized spacial score (nSPS) is 14.7. The summed E-state index contributed by atoms with van der Waals surface area (Å²) in [4.78, 5) is 10.2. The van der Waals surface area contributed by atoms with E-state index in [0.29, 0.717) is 5.75 Å². The number of hydrogen-bond donors (Lipinski definition) is 2. The summed E-state index contributed by atoms with van der Waals surface area (Å²) in [5, 5.41) is 13.5. The first-order chi connectivity index (χ1) is 12.7. The second kappa shape index (κ2) is 10.7. The number of anilines is 1. The van der Waals surface area contributed by atoms with Gasteiger partial charge in [0.15, 0.2) is 5.96 Å². The number of phenolic OH excluding ortho intramolecular Hbond substituents is 1. The van der Waals surface area contributed by atoms with E-state index >= 15 is 0 Å². The summed E-state index contributed by atoms with van der Waals surface area (Å²) in [6.07, 6.45) is 2.09. The van der Waals surface area contributed by atoms with Crippen LogP contribution in [0.4, 0.5) is 5.69 Å². The van der Waals surface area contributed by atoms with Crippen molar-refractivity contribution in [1.82, 2.24) is 10.2 Å². The van der Waals surface area contributed by atoms with Gasteiger partial charge in [0.05, 0.1) is 5.69 Å². The molecule has 27 heavy (non-hydrogen) atoms. The molecule has 0 spiro atoms. The Bertz CT molecular complexity index is 746. The average molecular weight is 498 g/mol. The van der Waals surface area contributed by atoms with Crippen LogP contribution in [-0.4, -0.2) is 55.4 Å². The number of benzene rings is 2. The van der Waals surface area contributed by atoms with E-state index in [-0.39, 0.29) is 24.0 Å². The summed E-state index contributed by atoms with van der Waals surface area (Å²) >= 11 is 1.75. The summed E-state index contributed by atoms with van der Waals surface area (Å²) in [5.74, 6) is 1.27. The lowest BCUT2D eigenvalue weighted by molar-refractivity contribution is 0.369. The molecule has 3 rings (SSSR count). The highest BCUT2D eigenvalue weighted by Gasteiger charge is 2.21. The van der Waals surface area contributed by atoms with E-state index in [1.807, 2.05) is 25.2 Å². The Hall–Kier alpha value is -1.61. The summed E-state index contributed by atoms with van der Waals surface area (Å²) in [6.45, 7) is 4.24. The molecule has 0 radical (unpaired) electrons. The van der Waals surface area contributed by atoms with Gasteiger partial charge in [-0.15, -0.1) is 35.7 Å². The van der Waals surface area contributed by atoms with Crippen LogP contribution in [0.2, 0.25) is 0 Å².